The summed E-state index contributed by atoms with van der Waals surface area (Å²) in [6.07, 6.45) is 3.29. The van der Waals surface area contributed by atoms with Gasteiger partial charge in [-0.25, -0.2) is 0 Å². The number of rotatable bonds is 8. The van der Waals surface area contributed by atoms with Crippen molar-refractivity contribution in [3.05, 3.63) is 0 Å². The SMILES string of the molecule is COCC(=O)C(CC1(OC=O)CCCC1)C(=O)OC(C)(C)C. The Balaban J connectivity index is 2.91. The second kappa shape index (κ2) is 7.72. The fraction of sp³-hybridized carbons (Fsp3) is 0.812. The van der Waals surface area contributed by atoms with Gasteiger partial charge in [-0.15, -0.1) is 0 Å². The third kappa shape index (κ3) is 5.40. The van der Waals surface area contributed by atoms with Gasteiger partial charge >= 0.3 is 5.97 Å². The Kier molecular flexibility index (Phi) is 6.53. The average Bonchev–Trinajstić information content (AvgIpc) is 2.83. The van der Waals surface area contributed by atoms with E-state index >= 15 is 0 Å². The van der Waals surface area contributed by atoms with Gasteiger partial charge in [0, 0.05) is 13.5 Å². The number of carbonyl (C=O) groups excluding carboxylic acids is 3. The van der Waals surface area contributed by atoms with Crippen LogP contribution in [0.2, 0.25) is 0 Å². The fourth-order valence-electron chi connectivity index (χ4n) is 2.81. The second-order valence-corrected chi connectivity index (χ2v) is 6.79. The molecular formula is C16H26O6. The quantitative estimate of drug-likeness (QED) is 0.387. The zero-order valence-electron chi connectivity index (χ0n) is 13.8. The van der Waals surface area contributed by atoms with Gasteiger partial charge in [-0.3, -0.25) is 14.4 Å². The van der Waals surface area contributed by atoms with Crippen LogP contribution in [-0.2, 0) is 28.6 Å². The third-order valence-electron chi connectivity index (χ3n) is 3.76. The van der Waals surface area contributed by atoms with Crippen molar-refractivity contribution in [2.75, 3.05) is 13.7 Å². The van der Waals surface area contributed by atoms with Crippen molar-refractivity contribution < 1.29 is 28.6 Å². The molecule has 0 aliphatic heterocycles. The molecular weight excluding hydrogens is 288 g/mol. The highest BCUT2D eigenvalue weighted by molar-refractivity contribution is 5.99. The standard InChI is InChI=1S/C16H26O6/c1-15(2,3)22-14(19)12(13(18)10-20-4)9-16(21-11-17)7-5-6-8-16/h11-12H,5-10H2,1-4H3. The van der Waals surface area contributed by atoms with Gasteiger partial charge in [-0.1, -0.05) is 0 Å². The molecule has 1 atom stereocenters. The van der Waals surface area contributed by atoms with Crippen molar-refractivity contribution in [2.24, 2.45) is 5.92 Å². The van der Waals surface area contributed by atoms with Crippen LogP contribution in [0.1, 0.15) is 52.9 Å². The Bertz CT molecular complexity index is 403. The molecule has 0 radical (unpaired) electrons. The van der Waals surface area contributed by atoms with E-state index in [1.165, 1.54) is 7.11 Å². The van der Waals surface area contributed by atoms with Gasteiger partial charge in [0.05, 0.1) is 0 Å². The third-order valence-corrected chi connectivity index (χ3v) is 3.76. The van der Waals surface area contributed by atoms with Crippen LogP contribution >= 0.6 is 0 Å². The van der Waals surface area contributed by atoms with Crippen molar-refractivity contribution in [1.82, 2.24) is 0 Å². The van der Waals surface area contributed by atoms with E-state index in [1.807, 2.05) is 0 Å². The van der Waals surface area contributed by atoms with Gasteiger partial charge in [0.25, 0.3) is 6.47 Å². The summed E-state index contributed by atoms with van der Waals surface area (Å²) in [5, 5.41) is 0. The van der Waals surface area contributed by atoms with E-state index in [1.54, 1.807) is 20.8 Å². The van der Waals surface area contributed by atoms with E-state index < -0.39 is 23.1 Å². The normalized spacial score (nSPS) is 18.5. The first-order valence-corrected chi connectivity index (χ1v) is 7.59. The Morgan fingerprint density at radius 1 is 1.23 bits per heavy atom. The number of carbonyl (C=O) groups is 3. The van der Waals surface area contributed by atoms with E-state index in [2.05, 4.69) is 0 Å². The van der Waals surface area contributed by atoms with E-state index in [0.717, 1.165) is 12.8 Å². The predicted molar refractivity (Wildman–Crippen MR) is 79.2 cm³/mol. The second-order valence-electron chi connectivity index (χ2n) is 6.79. The Labute approximate surface area is 131 Å². The van der Waals surface area contributed by atoms with Gasteiger partial charge in [-0.05, 0) is 46.5 Å². The maximum atomic E-state index is 12.4. The minimum Gasteiger partial charge on any atom is -0.461 e. The summed E-state index contributed by atoms with van der Waals surface area (Å²) in [4.78, 5) is 35.4. The first kappa shape index (κ1) is 18.6. The van der Waals surface area contributed by atoms with Crippen LogP contribution in [0.15, 0.2) is 0 Å². The Hall–Kier alpha value is -1.43. The minimum atomic E-state index is -0.975. The predicted octanol–water partition coefficient (Wildman–Crippen LogP) is 2.04. The van der Waals surface area contributed by atoms with Crippen molar-refractivity contribution in [3.63, 3.8) is 0 Å². The number of ether oxygens (including phenoxy) is 3. The molecule has 0 heterocycles. The molecule has 6 heteroatoms. The topological polar surface area (TPSA) is 78.9 Å². The van der Waals surface area contributed by atoms with Crippen LogP contribution in [0.4, 0.5) is 0 Å². The first-order chi connectivity index (χ1) is 10.2. The summed E-state index contributed by atoms with van der Waals surface area (Å²) < 4.78 is 15.4. The van der Waals surface area contributed by atoms with Crippen LogP contribution in [0.5, 0.6) is 0 Å². The van der Waals surface area contributed by atoms with Gasteiger partial charge < -0.3 is 14.2 Å². The van der Waals surface area contributed by atoms with E-state index in [9.17, 15) is 14.4 Å². The summed E-state index contributed by atoms with van der Waals surface area (Å²) in [6, 6.07) is 0. The van der Waals surface area contributed by atoms with E-state index in [0.29, 0.717) is 19.3 Å². The molecule has 0 bridgehead atoms. The molecule has 0 N–H and O–H groups in total. The maximum absolute atomic E-state index is 12.4. The average molecular weight is 314 g/mol. The van der Waals surface area contributed by atoms with Crippen LogP contribution < -0.4 is 0 Å². The monoisotopic (exact) mass is 314 g/mol. The molecule has 0 saturated heterocycles. The molecule has 0 amide bonds. The number of hydrogen-bond acceptors (Lipinski definition) is 6. The lowest BCUT2D eigenvalue weighted by Crippen LogP contribution is -2.41. The minimum absolute atomic E-state index is 0.156. The lowest BCUT2D eigenvalue weighted by atomic mass is 9.86. The first-order valence-electron chi connectivity index (χ1n) is 7.59. The number of methoxy groups -OCH3 is 1. The fourth-order valence-corrected chi connectivity index (χ4v) is 2.81. The zero-order chi connectivity index (χ0) is 16.8. The van der Waals surface area contributed by atoms with Crippen LogP contribution in [-0.4, -0.2) is 43.1 Å². The molecule has 22 heavy (non-hydrogen) atoms. The van der Waals surface area contributed by atoms with Crippen molar-refractivity contribution >= 4 is 18.2 Å². The molecule has 126 valence electrons. The molecule has 6 nitrogen and oxygen atoms in total. The van der Waals surface area contributed by atoms with Gasteiger partial charge in [0.1, 0.15) is 23.7 Å². The highest BCUT2D eigenvalue weighted by Gasteiger charge is 2.43. The number of ketones is 1. The maximum Gasteiger partial charge on any atom is 0.317 e. The van der Waals surface area contributed by atoms with E-state index in [4.69, 9.17) is 14.2 Å². The number of hydrogen-bond donors (Lipinski definition) is 0. The van der Waals surface area contributed by atoms with Gasteiger partial charge in [0.15, 0.2) is 5.78 Å². The molecule has 1 rings (SSSR count). The summed E-state index contributed by atoms with van der Waals surface area (Å²) in [6.45, 7) is 5.47. The molecule has 0 aromatic rings. The highest BCUT2D eigenvalue weighted by Crippen LogP contribution is 2.38. The van der Waals surface area contributed by atoms with Crippen LogP contribution in [0.3, 0.4) is 0 Å². The molecule has 1 aliphatic carbocycles. The summed E-state index contributed by atoms with van der Waals surface area (Å²) in [5.74, 6) is -1.91. The summed E-state index contributed by atoms with van der Waals surface area (Å²) in [5.41, 5.74) is -1.43. The van der Waals surface area contributed by atoms with Crippen molar-refractivity contribution in [2.45, 2.75) is 64.1 Å². The zero-order valence-corrected chi connectivity index (χ0v) is 13.8. The molecule has 1 fully saturated rings. The van der Waals surface area contributed by atoms with Crippen molar-refractivity contribution in [3.8, 4) is 0 Å². The van der Waals surface area contributed by atoms with Gasteiger partial charge in [-0.2, -0.15) is 0 Å². The smallest absolute Gasteiger partial charge is 0.317 e. The van der Waals surface area contributed by atoms with Crippen LogP contribution in [0, 0.1) is 5.92 Å². The largest absolute Gasteiger partial charge is 0.461 e. The molecule has 1 aliphatic rings. The Morgan fingerprint density at radius 3 is 2.27 bits per heavy atom. The molecule has 0 aromatic carbocycles. The van der Waals surface area contributed by atoms with Crippen LogP contribution in [0.25, 0.3) is 0 Å². The lowest BCUT2D eigenvalue weighted by Gasteiger charge is -2.31. The Morgan fingerprint density at radius 2 is 1.82 bits per heavy atom. The molecule has 0 spiro atoms. The van der Waals surface area contributed by atoms with Gasteiger partial charge in [0.2, 0.25) is 0 Å². The molecule has 0 aromatic heterocycles. The summed E-state index contributed by atoms with van der Waals surface area (Å²) in [7, 11) is 1.40. The summed E-state index contributed by atoms with van der Waals surface area (Å²) >= 11 is 0. The van der Waals surface area contributed by atoms with Crippen molar-refractivity contribution in [1.29, 1.82) is 0 Å². The lowest BCUT2D eigenvalue weighted by molar-refractivity contribution is -0.168. The number of Topliss-reactive ketones (excluding diaryl/α,β-unsaturated/α-hetero) is 1. The molecule has 1 unspecified atom stereocenters. The number of esters is 1. The van der Waals surface area contributed by atoms with E-state index in [-0.39, 0.29) is 18.8 Å². The molecule has 1 saturated carbocycles. The highest BCUT2D eigenvalue weighted by atomic mass is 16.6.